The molecule has 18 heavy (non-hydrogen) atoms. The fourth-order valence-electron chi connectivity index (χ4n) is 3.07. The molecular weight excluding hydrogens is 244 g/mol. The largest absolute Gasteiger partial charge is 0.390 e. The molecule has 0 radical (unpaired) electrons. The van der Waals surface area contributed by atoms with Crippen molar-refractivity contribution in [2.75, 3.05) is 0 Å². The third kappa shape index (κ3) is 3.73. The van der Waals surface area contributed by atoms with E-state index in [1.165, 1.54) is 31.2 Å². The molecule has 100 valence electrons. The van der Waals surface area contributed by atoms with Crippen LogP contribution >= 0.6 is 11.6 Å². The lowest BCUT2D eigenvalue weighted by atomic mass is 9.75. The number of hydrogen-bond acceptors (Lipinski definition) is 1. The predicted octanol–water partition coefficient (Wildman–Crippen LogP) is 4.60. The quantitative estimate of drug-likeness (QED) is 0.844. The molecule has 1 fully saturated rings. The first-order chi connectivity index (χ1) is 8.61. The van der Waals surface area contributed by atoms with Gasteiger partial charge in [0, 0.05) is 11.4 Å². The maximum atomic E-state index is 10.6. The number of benzene rings is 1. The van der Waals surface area contributed by atoms with Crippen LogP contribution in [0.5, 0.6) is 0 Å². The van der Waals surface area contributed by atoms with E-state index in [1.807, 2.05) is 24.3 Å². The van der Waals surface area contributed by atoms with Crippen molar-refractivity contribution in [2.24, 2.45) is 5.92 Å². The topological polar surface area (TPSA) is 20.2 Å². The molecule has 1 aromatic rings. The standard InChI is InChI=1S/C16H23ClO/c1-2-3-13-8-10-16(18,11-9-13)12-14-4-6-15(17)7-5-14/h4-7,13,18H,2-3,8-12H2,1H3. The van der Waals surface area contributed by atoms with Crippen molar-refractivity contribution in [2.45, 2.75) is 57.5 Å². The summed E-state index contributed by atoms with van der Waals surface area (Å²) in [5, 5.41) is 11.4. The molecule has 1 nitrogen and oxygen atoms in total. The minimum atomic E-state index is -0.488. The van der Waals surface area contributed by atoms with Crippen molar-refractivity contribution < 1.29 is 5.11 Å². The zero-order chi connectivity index (χ0) is 13.0. The van der Waals surface area contributed by atoms with E-state index in [2.05, 4.69) is 6.92 Å². The van der Waals surface area contributed by atoms with Gasteiger partial charge in [0.25, 0.3) is 0 Å². The van der Waals surface area contributed by atoms with E-state index < -0.39 is 5.60 Å². The summed E-state index contributed by atoms with van der Waals surface area (Å²) in [6.45, 7) is 2.24. The lowest BCUT2D eigenvalue weighted by Crippen LogP contribution is -2.36. The predicted molar refractivity (Wildman–Crippen MR) is 77.0 cm³/mol. The van der Waals surface area contributed by atoms with E-state index in [-0.39, 0.29) is 0 Å². The molecule has 1 aliphatic carbocycles. The summed E-state index contributed by atoms with van der Waals surface area (Å²) in [7, 11) is 0. The van der Waals surface area contributed by atoms with Gasteiger partial charge >= 0.3 is 0 Å². The Morgan fingerprint density at radius 2 is 1.83 bits per heavy atom. The van der Waals surface area contributed by atoms with E-state index in [9.17, 15) is 5.11 Å². The number of halogens is 1. The van der Waals surface area contributed by atoms with Gasteiger partial charge in [0.2, 0.25) is 0 Å². The average molecular weight is 267 g/mol. The van der Waals surface area contributed by atoms with Crippen molar-refractivity contribution in [3.8, 4) is 0 Å². The van der Waals surface area contributed by atoms with Crippen molar-refractivity contribution in [3.05, 3.63) is 34.9 Å². The molecule has 0 heterocycles. The molecule has 1 aromatic carbocycles. The molecular formula is C16H23ClO. The fourth-order valence-corrected chi connectivity index (χ4v) is 3.20. The van der Waals surface area contributed by atoms with Gasteiger partial charge in [-0.1, -0.05) is 43.5 Å². The lowest BCUT2D eigenvalue weighted by molar-refractivity contribution is -0.00987. The van der Waals surface area contributed by atoms with Crippen LogP contribution < -0.4 is 0 Å². The van der Waals surface area contributed by atoms with Gasteiger partial charge in [-0.25, -0.2) is 0 Å². The molecule has 0 aromatic heterocycles. The first-order valence-corrected chi connectivity index (χ1v) is 7.46. The fraction of sp³-hybridized carbons (Fsp3) is 0.625. The lowest BCUT2D eigenvalue weighted by Gasteiger charge is -2.36. The average Bonchev–Trinajstić information content (AvgIpc) is 2.36. The summed E-state index contributed by atoms with van der Waals surface area (Å²) in [5.41, 5.74) is 0.703. The van der Waals surface area contributed by atoms with Crippen molar-refractivity contribution in [1.82, 2.24) is 0 Å². The van der Waals surface area contributed by atoms with E-state index >= 15 is 0 Å². The van der Waals surface area contributed by atoms with Crippen LogP contribution in [0.15, 0.2) is 24.3 Å². The van der Waals surface area contributed by atoms with Crippen LogP contribution in [0.25, 0.3) is 0 Å². The maximum absolute atomic E-state index is 10.6. The van der Waals surface area contributed by atoms with Gasteiger partial charge in [-0.15, -0.1) is 0 Å². The number of rotatable bonds is 4. The number of aliphatic hydroxyl groups is 1. The van der Waals surface area contributed by atoms with Crippen LogP contribution in [-0.2, 0) is 6.42 Å². The normalized spacial score (nSPS) is 28.3. The summed E-state index contributed by atoms with van der Waals surface area (Å²) < 4.78 is 0. The van der Waals surface area contributed by atoms with Crippen LogP contribution in [0.2, 0.25) is 5.02 Å². The first-order valence-electron chi connectivity index (χ1n) is 7.08. The van der Waals surface area contributed by atoms with E-state index in [0.29, 0.717) is 0 Å². The van der Waals surface area contributed by atoms with Gasteiger partial charge in [0.15, 0.2) is 0 Å². The Labute approximate surface area is 115 Å². The Morgan fingerprint density at radius 1 is 1.22 bits per heavy atom. The smallest absolute Gasteiger partial charge is 0.0688 e. The van der Waals surface area contributed by atoms with Gasteiger partial charge < -0.3 is 5.11 Å². The third-order valence-electron chi connectivity index (χ3n) is 4.18. The van der Waals surface area contributed by atoms with Crippen molar-refractivity contribution in [3.63, 3.8) is 0 Å². The zero-order valence-corrected chi connectivity index (χ0v) is 11.9. The molecule has 0 amide bonds. The molecule has 0 bridgehead atoms. The van der Waals surface area contributed by atoms with Gasteiger partial charge in [0.05, 0.1) is 5.60 Å². The Hall–Kier alpha value is -0.530. The van der Waals surface area contributed by atoms with E-state index in [0.717, 1.165) is 30.2 Å². The maximum Gasteiger partial charge on any atom is 0.0688 e. The molecule has 0 saturated heterocycles. The summed E-state index contributed by atoms with van der Waals surface area (Å²) in [6.07, 6.45) is 7.59. The highest BCUT2D eigenvalue weighted by Gasteiger charge is 2.32. The summed E-state index contributed by atoms with van der Waals surface area (Å²) in [4.78, 5) is 0. The summed E-state index contributed by atoms with van der Waals surface area (Å²) in [5.74, 6) is 0.834. The molecule has 0 aliphatic heterocycles. The van der Waals surface area contributed by atoms with Gasteiger partial charge in [-0.05, 0) is 49.3 Å². The molecule has 2 rings (SSSR count). The molecule has 0 atom stereocenters. The van der Waals surface area contributed by atoms with Crippen molar-refractivity contribution >= 4 is 11.6 Å². The summed E-state index contributed by atoms with van der Waals surface area (Å²) >= 11 is 5.88. The SMILES string of the molecule is CCCC1CCC(O)(Cc2ccc(Cl)cc2)CC1. The van der Waals surface area contributed by atoms with Crippen LogP contribution in [0.1, 0.15) is 51.0 Å². The van der Waals surface area contributed by atoms with Crippen LogP contribution in [0.3, 0.4) is 0 Å². The van der Waals surface area contributed by atoms with Crippen LogP contribution in [-0.4, -0.2) is 10.7 Å². The molecule has 0 unspecified atom stereocenters. The first kappa shape index (κ1) is 13.9. The molecule has 1 aliphatic rings. The minimum absolute atomic E-state index is 0.488. The highest BCUT2D eigenvalue weighted by Crippen LogP contribution is 2.36. The Kier molecular flexibility index (Phi) is 4.69. The monoisotopic (exact) mass is 266 g/mol. The van der Waals surface area contributed by atoms with Gasteiger partial charge in [0.1, 0.15) is 0 Å². The molecule has 1 saturated carbocycles. The van der Waals surface area contributed by atoms with Gasteiger partial charge in [-0.3, -0.25) is 0 Å². The molecule has 2 heteroatoms. The van der Waals surface area contributed by atoms with Gasteiger partial charge in [-0.2, -0.15) is 0 Å². The Balaban J connectivity index is 1.91. The number of hydrogen-bond donors (Lipinski definition) is 1. The van der Waals surface area contributed by atoms with Crippen LogP contribution in [0, 0.1) is 5.92 Å². The molecule has 0 spiro atoms. The second-order valence-corrected chi connectivity index (χ2v) is 6.20. The second-order valence-electron chi connectivity index (χ2n) is 5.76. The zero-order valence-electron chi connectivity index (χ0n) is 11.2. The molecule has 1 N–H and O–H groups in total. The minimum Gasteiger partial charge on any atom is -0.390 e. The Morgan fingerprint density at radius 3 is 2.39 bits per heavy atom. The van der Waals surface area contributed by atoms with E-state index in [4.69, 9.17) is 11.6 Å². The van der Waals surface area contributed by atoms with E-state index in [1.54, 1.807) is 0 Å². The third-order valence-corrected chi connectivity index (χ3v) is 4.43. The second kappa shape index (κ2) is 6.08. The van der Waals surface area contributed by atoms with Crippen molar-refractivity contribution in [1.29, 1.82) is 0 Å². The Bertz CT molecular complexity index is 363. The van der Waals surface area contributed by atoms with Crippen LogP contribution in [0.4, 0.5) is 0 Å². The highest BCUT2D eigenvalue weighted by atomic mass is 35.5. The summed E-state index contributed by atoms with van der Waals surface area (Å²) in [6, 6.07) is 7.86. The highest BCUT2D eigenvalue weighted by molar-refractivity contribution is 6.30.